The molecule has 0 fully saturated rings. The normalized spacial score (nSPS) is 10.3. The molecule has 0 aliphatic heterocycles. The van der Waals surface area contributed by atoms with Crippen molar-refractivity contribution >= 4 is 29.3 Å². The monoisotopic (exact) mass is 273 g/mol. The summed E-state index contributed by atoms with van der Waals surface area (Å²) in [6, 6.07) is 11.7. The number of aldehydes is 1. The highest BCUT2D eigenvalue weighted by Crippen LogP contribution is 2.32. The van der Waals surface area contributed by atoms with E-state index >= 15 is 0 Å². The van der Waals surface area contributed by atoms with Gasteiger partial charge in [-0.3, -0.25) is 4.79 Å². The zero-order valence-corrected chi connectivity index (χ0v) is 12.0. The van der Waals surface area contributed by atoms with Crippen LogP contribution in [0.3, 0.4) is 0 Å². The van der Waals surface area contributed by atoms with E-state index in [4.69, 9.17) is 11.6 Å². The number of rotatable bonds is 3. The van der Waals surface area contributed by atoms with Crippen LogP contribution in [-0.2, 0) is 0 Å². The molecule has 3 heteroatoms. The fourth-order valence-corrected chi connectivity index (χ4v) is 2.46. The van der Waals surface area contributed by atoms with E-state index in [1.807, 2.05) is 24.1 Å². The molecule has 0 aliphatic carbocycles. The largest absolute Gasteiger partial charge is 0.344 e. The number of anilines is 2. The Morgan fingerprint density at radius 2 is 1.84 bits per heavy atom. The van der Waals surface area contributed by atoms with Crippen LogP contribution in [-0.4, -0.2) is 13.3 Å². The van der Waals surface area contributed by atoms with Crippen molar-refractivity contribution in [3.63, 3.8) is 0 Å². The van der Waals surface area contributed by atoms with E-state index in [1.54, 1.807) is 6.07 Å². The Bertz CT molecular complexity index is 622. The van der Waals surface area contributed by atoms with Crippen LogP contribution in [0.15, 0.2) is 36.4 Å². The third kappa shape index (κ3) is 2.64. The molecule has 0 bridgehead atoms. The van der Waals surface area contributed by atoms with Crippen LogP contribution in [0.1, 0.15) is 21.5 Å². The molecular weight excluding hydrogens is 258 g/mol. The van der Waals surface area contributed by atoms with Gasteiger partial charge < -0.3 is 4.90 Å². The lowest BCUT2D eigenvalue weighted by Gasteiger charge is -2.23. The minimum atomic E-state index is 0.476. The molecule has 2 nitrogen and oxygen atoms in total. The molecule has 0 saturated carbocycles. The maximum Gasteiger partial charge on any atom is 0.153 e. The van der Waals surface area contributed by atoms with Crippen LogP contribution in [0, 0.1) is 13.8 Å². The second kappa shape index (κ2) is 5.45. The maximum absolute atomic E-state index is 11.2. The molecule has 0 N–H and O–H groups in total. The van der Waals surface area contributed by atoms with E-state index in [2.05, 4.69) is 32.0 Å². The molecule has 98 valence electrons. The fraction of sp³-hybridized carbons (Fsp3) is 0.188. The molecule has 0 aromatic heterocycles. The van der Waals surface area contributed by atoms with Gasteiger partial charge >= 0.3 is 0 Å². The first kappa shape index (κ1) is 13.6. The van der Waals surface area contributed by atoms with Crippen LogP contribution in [0.2, 0.25) is 5.02 Å². The van der Waals surface area contributed by atoms with Gasteiger partial charge in [-0.05, 0) is 37.6 Å². The predicted octanol–water partition coefficient (Wildman–Crippen LogP) is 4.54. The topological polar surface area (TPSA) is 20.3 Å². The number of hydrogen-bond acceptors (Lipinski definition) is 2. The molecule has 0 amide bonds. The highest BCUT2D eigenvalue weighted by Gasteiger charge is 2.13. The van der Waals surface area contributed by atoms with Crippen LogP contribution >= 0.6 is 11.6 Å². The van der Waals surface area contributed by atoms with E-state index in [-0.39, 0.29) is 0 Å². The third-order valence-corrected chi connectivity index (χ3v) is 3.55. The second-order valence-corrected chi connectivity index (χ2v) is 5.05. The van der Waals surface area contributed by atoms with Gasteiger partial charge in [0.25, 0.3) is 0 Å². The van der Waals surface area contributed by atoms with Crippen molar-refractivity contribution in [2.45, 2.75) is 13.8 Å². The molecule has 0 spiro atoms. The average molecular weight is 274 g/mol. The van der Waals surface area contributed by atoms with Crippen molar-refractivity contribution in [1.29, 1.82) is 0 Å². The molecule has 2 rings (SSSR count). The molecule has 0 heterocycles. The SMILES string of the molecule is Cc1ccc(N(C)c2cccc(Cl)c2C=O)c(C)c1. The lowest BCUT2D eigenvalue weighted by atomic mass is 10.1. The molecule has 0 aliphatic rings. The summed E-state index contributed by atoms with van der Waals surface area (Å²) in [5.74, 6) is 0. The smallest absolute Gasteiger partial charge is 0.153 e. The summed E-state index contributed by atoms with van der Waals surface area (Å²) >= 11 is 6.07. The molecule has 0 radical (unpaired) electrons. The van der Waals surface area contributed by atoms with Crippen LogP contribution in [0.25, 0.3) is 0 Å². The van der Waals surface area contributed by atoms with Crippen molar-refractivity contribution < 1.29 is 4.79 Å². The van der Waals surface area contributed by atoms with E-state index in [0.29, 0.717) is 10.6 Å². The molecule has 0 saturated heterocycles. The van der Waals surface area contributed by atoms with Crippen molar-refractivity contribution in [1.82, 2.24) is 0 Å². The number of carbonyl (C=O) groups is 1. The number of halogens is 1. The Balaban J connectivity index is 2.52. The number of nitrogens with zero attached hydrogens (tertiary/aromatic N) is 1. The minimum Gasteiger partial charge on any atom is -0.344 e. The highest BCUT2D eigenvalue weighted by atomic mass is 35.5. The Morgan fingerprint density at radius 3 is 2.47 bits per heavy atom. The average Bonchev–Trinajstić information content (AvgIpc) is 2.37. The van der Waals surface area contributed by atoms with Gasteiger partial charge in [0.1, 0.15) is 0 Å². The van der Waals surface area contributed by atoms with Crippen molar-refractivity contribution in [3.8, 4) is 0 Å². The van der Waals surface area contributed by atoms with Gasteiger partial charge in [0.2, 0.25) is 0 Å². The first-order valence-electron chi connectivity index (χ1n) is 6.09. The van der Waals surface area contributed by atoms with Crippen LogP contribution < -0.4 is 4.90 Å². The summed E-state index contributed by atoms with van der Waals surface area (Å²) < 4.78 is 0. The molecule has 0 unspecified atom stereocenters. The summed E-state index contributed by atoms with van der Waals surface area (Å²) in [5, 5.41) is 0.476. The summed E-state index contributed by atoms with van der Waals surface area (Å²) in [7, 11) is 1.94. The third-order valence-electron chi connectivity index (χ3n) is 3.22. The Kier molecular flexibility index (Phi) is 3.91. The second-order valence-electron chi connectivity index (χ2n) is 4.64. The van der Waals surface area contributed by atoms with Gasteiger partial charge in [-0.15, -0.1) is 0 Å². The maximum atomic E-state index is 11.2. The van der Waals surface area contributed by atoms with Crippen LogP contribution in [0.4, 0.5) is 11.4 Å². The Hall–Kier alpha value is -1.80. The summed E-state index contributed by atoms with van der Waals surface area (Å²) in [6.45, 7) is 4.12. The lowest BCUT2D eigenvalue weighted by Crippen LogP contribution is -2.13. The summed E-state index contributed by atoms with van der Waals surface area (Å²) in [6.07, 6.45) is 0.803. The molecule has 2 aromatic carbocycles. The predicted molar refractivity (Wildman–Crippen MR) is 80.8 cm³/mol. The van der Waals surface area contributed by atoms with E-state index < -0.39 is 0 Å². The van der Waals surface area contributed by atoms with Gasteiger partial charge in [0.05, 0.1) is 16.3 Å². The fourth-order valence-electron chi connectivity index (χ4n) is 2.25. The van der Waals surface area contributed by atoms with Gasteiger partial charge in [0.15, 0.2) is 6.29 Å². The molecule has 0 atom stereocenters. The quantitative estimate of drug-likeness (QED) is 0.766. The summed E-state index contributed by atoms with van der Waals surface area (Å²) in [5.41, 5.74) is 4.78. The molecule has 2 aromatic rings. The lowest BCUT2D eigenvalue weighted by molar-refractivity contribution is 0.112. The van der Waals surface area contributed by atoms with Crippen molar-refractivity contribution in [2.24, 2.45) is 0 Å². The van der Waals surface area contributed by atoms with Gasteiger partial charge in [-0.2, -0.15) is 0 Å². The van der Waals surface area contributed by atoms with Crippen LogP contribution in [0.5, 0.6) is 0 Å². The minimum absolute atomic E-state index is 0.476. The van der Waals surface area contributed by atoms with E-state index in [0.717, 1.165) is 17.7 Å². The number of aryl methyl sites for hydroxylation is 2. The summed E-state index contributed by atoms with van der Waals surface area (Å²) in [4.78, 5) is 13.2. The molecular formula is C16H16ClNO. The zero-order chi connectivity index (χ0) is 14.0. The highest BCUT2D eigenvalue weighted by molar-refractivity contribution is 6.33. The van der Waals surface area contributed by atoms with E-state index in [9.17, 15) is 4.79 Å². The van der Waals surface area contributed by atoms with Gasteiger partial charge in [-0.1, -0.05) is 35.4 Å². The number of hydrogen-bond donors (Lipinski definition) is 0. The first-order valence-corrected chi connectivity index (χ1v) is 6.47. The Labute approximate surface area is 118 Å². The van der Waals surface area contributed by atoms with Gasteiger partial charge in [0, 0.05) is 12.7 Å². The number of benzene rings is 2. The standard InChI is InChI=1S/C16H16ClNO/c1-11-7-8-15(12(2)9-11)18(3)16-6-4-5-14(17)13(16)10-19/h4-10H,1-3H3. The zero-order valence-electron chi connectivity index (χ0n) is 11.3. The first-order chi connectivity index (χ1) is 9.04. The van der Waals surface area contributed by atoms with E-state index in [1.165, 1.54) is 11.1 Å². The van der Waals surface area contributed by atoms with Crippen molar-refractivity contribution in [3.05, 3.63) is 58.1 Å². The molecule has 19 heavy (non-hydrogen) atoms. The van der Waals surface area contributed by atoms with Crippen molar-refractivity contribution in [2.75, 3.05) is 11.9 Å². The Morgan fingerprint density at radius 1 is 1.11 bits per heavy atom. The van der Waals surface area contributed by atoms with Gasteiger partial charge in [-0.25, -0.2) is 0 Å². The number of carbonyl (C=O) groups excluding carboxylic acids is 1.